The maximum absolute atomic E-state index is 6.46. The van der Waals surface area contributed by atoms with Gasteiger partial charge in [0, 0.05) is 104 Å². The molecule has 0 aliphatic carbocycles. The summed E-state index contributed by atoms with van der Waals surface area (Å²) in [6, 6.07) is 100. The highest BCUT2D eigenvalue weighted by Gasteiger charge is 2.45. The van der Waals surface area contributed by atoms with Gasteiger partial charge in [0.25, 0.3) is 13.4 Å². The zero-order valence-corrected chi connectivity index (χ0v) is 60.7. The van der Waals surface area contributed by atoms with Crippen molar-refractivity contribution in [1.29, 1.82) is 0 Å². The van der Waals surface area contributed by atoms with Gasteiger partial charge in [0.2, 0.25) is 11.8 Å². The van der Waals surface area contributed by atoms with Gasteiger partial charge < -0.3 is 29.3 Å². The lowest BCUT2D eigenvalue weighted by molar-refractivity contribution is 0.590. The Kier molecular flexibility index (Phi) is 14.2. The van der Waals surface area contributed by atoms with E-state index in [2.05, 4.69) is 289 Å². The molecule has 0 saturated carbocycles. The molecule has 0 spiro atoms. The zero-order valence-electron chi connectivity index (χ0n) is 60.7. The van der Waals surface area contributed by atoms with Crippen LogP contribution in [0.25, 0.3) is 100 Å². The Bertz CT molecular complexity index is 6630. The molecule has 4 aliphatic heterocycles. The second-order valence-corrected chi connectivity index (χ2v) is 31.2. The van der Waals surface area contributed by atoms with Crippen LogP contribution in [0.2, 0.25) is 0 Å². The van der Waals surface area contributed by atoms with Gasteiger partial charge in [-0.15, -0.1) is 0 Å². The Hall–Kier alpha value is -13.2. The minimum atomic E-state index is -0.102. The van der Waals surface area contributed by atoms with E-state index in [1.807, 2.05) is 73.1 Å². The molecule has 0 radical (unpaired) electrons. The van der Waals surface area contributed by atoms with E-state index in [-0.39, 0.29) is 24.3 Å². The van der Waals surface area contributed by atoms with Crippen molar-refractivity contribution in [3.63, 3.8) is 0 Å². The molecule has 12 aromatic carbocycles. The number of oxazole rings is 2. The van der Waals surface area contributed by atoms with Crippen molar-refractivity contribution in [3.05, 3.63) is 314 Å². The summed E-state index contributed by atoms with van der Waals surface area (Å²) < 4.78 is 17.3. The Labute approximate surface area is 625 Å². The lowest BCUT2D eigenvalue weighted by atomic mass is 9.33. The number of aromatic nitrogens is 6. The lowest BCUT2D eigenvalue weighted by Gasteiger charge is -2.45. The van der Waals surface area contributed by atoms with Crippen LogP contribution < -0.4 is 53.2 Å². The van der Waals surface area contributed by atoms with E-state index < -0.39 is 0 Å². The van der Waals surface area contributed by atoms with Crippen LogP contribution in [0.4, 0.5) is 45.5 Å². The molecular formula is C94H72B2N10O2. The average Bonchev–Trinajstić information content (AvgIpc) is 1.69. The number of nitrogens with zero attached hydrogens (tertiary/aromatic N) is 8. The van der Waals surface area contributed by atoms with Gasteiger partial charge in [-0.1, -0.05) is 187 Å². The first-order valence-corrected chi connectivity index (χ1v) is 37.3. The van der Waals surface area contributed by atoms with Crippen molar-refractivity contribution in [2.24, 2.45) is 0 Å². The van der Waals surface area contributed by atoms with E-state index in [4.69, 9.17) is 28.8 Å². The molecule has 4 aliphatic rings. The maximum atomic E-state index is 6.46. The molecule has 0 fully saturated rings. The molecule has 108 heavy (non-hydrogen) atoms. The van der Waals surface area contributed by atoms with Gasteiger partial charge >= 0.3 is 0 Å². The number of anilines is 8. The second kappa shape index (κ2) is 24.2. The fraction of sp³-hybridized carbons (Fsp3) is 0.106. The van der Waals surface area contributed by atoms with Crippen molar-refractivity contribution in [3.8, 4) is 34.5 Å². The second-order valence-electron chi connectivity index (χ2n) is 31.2. The largest absolute Gasteiger partial charge is 0.436 e. The van der Waals surface area contributed by atoms with Crippen LogP contribution >= 0.6 is 0 Å². The molecule has 0 bridgehead atoms. The van der Waals surface area contributed by atoms with Crippen molar-refractivity contribution in [2.45, 2.75) is 65.5 Å². The van der Waals surface area contributed by atoms with Crippen molar-refractivity contribution < 1.29 is 8.83 Å². The normalized spacial score (nSPS) is 13.2. The Morgan fingerprint density at radius 1 is 0.343 bits per heavy atom. The molecule has 516 valence electrons. The minimum Gasteiger partial charge on any atom is -0.436 e. The van der Waals surface area contributed by atoms with Crippen LogP contribution in [0.15, 0.2) is 300 Å². The highest BCUT2D eigenvalue weighted by molar-refractivity contribution is 7.01. The Morgan fingerprint density at radius 3 is 1.35 bits per heavy atom. The van der Waals surface area contributed by atoms with Gasteiger partial charge in [0.1, 0.15) is 22.7 Å². The summed E-state index contributed by atoms with van der Waals surface area (Å²) in [5, 5.41) is 12.5. The highest BCUT2D eigenvalue weighted by Crippen LogP contribution is 2.46. The molecule has 14 heteroatoms. The summed E-state index contributed by atoms with van der Waals surface area (Å²) >= 11 is 0. The van der Waals surface area contributed by atoms with Gasteiger partial charge in [0.15, 0.2) is 11.2 Å². The fourth-order valence-corrected chi connectivity index (χ4v) is 17.3. The Morgan fingerprint density at radius 2 is 0.796 bits per heavy atom. The molecule has 6 aromatic heterocycles. The number of hydrogen-bond acceptors (Lipinski definition) is 10. The molecular weight excluding hydrogens is 1320 g/mol. The molecule has 12 nitrogen and oxygen atoms in total. The third-order valence-corrected chi connectivity index (χ3v) is 22.5. The van der Waals surface area contributed by atoms with E-state index in [0.29, 0.717) is 11.8 Å². The van der Waals surface area contributed by atoms with Crippen LogP contribution in [0.5, 0.6) is 0 Å². The molecule has 0 atom stereocenters. The molecule has 0 amide bonds. The van der Waals surface area contributed by atoms with Crippen LogP contribution in [0, 0.1) is 0 Å². The first-order chi connectivity index (χ1) is 52.8. The summed E-state index contributed by atoms with van der Waals surface area (Å²) in [4.78, 5) is 24.7. The van der Waals surface area contributed by atoms with E-state index in [1.54, 1.807) is 0 Å². The number of hydrogen-bond donors (Lipinski definition) is 2. The van der Waals surface area contributed by atoms with Gasteiger partial charge in [-0.2, -0.15) is 0 Å². The minimum absolute atomic E-state index is 0.00885. The number of benzene rings is 12. The smallest absolute Gasteiger partial charge is 0.252 e. The number of fused-ring (bicyclic) bond motifs is 16. The quantitative estimate of drug-likeness (QED) is 0.142. The van der Waals surface area contributed by atoms with Gasteiger partial charge in [-0.3, -0.25) is 9.13 Å². The van der Waals surface area contributed by atoms with Crippen LogP contribution in [0.1, 0.15) is 63.8 Å². The molecule has 2 N–H and O–H groups in total. The van der Waals surface area contributed by atoms with Crippen LogP contribution in [-0.4, -0.2) is 42.5 Å². The third-order valence-electron chi connectivity index (χ3n) is 22.5. The van der Waals surface area contributed by atoms with Crippen molar-refractivity contribution >= 4 is 158 Å². The summed E-state index contributed by atoms with van der Waals surface area (Å²) in [5.41, 5.74) is 31.6. The van der Waals surface area contributed by atoms with Gasteiger partial charge in [0.05, 0.1) is 22.1 Å². The summed E-state index contributed by atoms with van der Waals surface area (Å²) in [6.45, 7) is 15.2. The summed E-state index contributed by atoms with van der Waals surface area (Å²) in [5.74, 6) is 3.06. The lowest BCUT2D eigenvalue weighted by Crippen LogP contribution is -2.62. The topological polar surface area (TPSA) is 118 Å². The van der Waals surface area contributed by atoms with Crippen molar-refractivity contribution in [1.82, 2.24) is 29.1 Å². The number of pyridine rings is 2. The fourth-order valence-electron chi connectivity index (χ4n) is 17.3. The Balaban J connectivity index is 0.000000143. The van der Waals surface area contributed by atoms with E-state index in [1.165, 1.54) is 99.3 Å². The summed E-state index contributed by atoms with van der Waals surface area (Å²) in [7, 11) is 0. The predicted octanol–water partition coefficient (Wildman–Crippen LogP) is 19.0. The number of rotatable bonds is 8. The van der Waals surface area contributed by atoms with E-state index in [9.17, 15) is 0 Å². The molecule has 22 rings (SSSR count). The first-order valence-electron chi connectivity index (χ1n) is 37.3. The monoisotopic (exact) mass is 1390 g/mol. The standard InChI is InChI=1S/C54H42BN5O.C40H30BN5O/c1-54(2,3)38-29-48-52-49(30-38)59(34-36-18-8-5-9-19-36)47-31-40-39-20-10-12-22-44(39)60(51-24-14-15-27-56-51)46(40)32-42(47)55(52)41-28-37(53-57-43-21-11-13-23-50(43)61-53)25-26-45(41)58(48)33-35-16-6-4-7-17-35;1-40(2,3)24-19-32-38-33(20-24)44-31-21-26-25-10-4-6-12-34(25)46(37-14-8-9-17-42-37)35(26)22-28(31)41(38)27-18-23(15-16-29(27)43-32)39-45-30-11-5-7-13-36(30)47-39/h4-32H,33-34H2,1-3H3;4-22,43-44H,1-3H3. The number of nitrogens with one attached hydrogen (secondary N) is 2. The molecule has 10 heterocycles. The van der Waals surface area contributed by atoms with E-state index in [0.717, 1.165) is 103 Å². The van der Waals surface area contributed by atoms with Crippen LogP contribution in [0.3, 0.4) is 0 Å². The first kappa shape index (κ1) is 63.3. The van der Waals surface area contributed by atoms with Crippen molar-refractivity contribution in [2.75, 3.05) is 20.4 Å². The highest BCUT2D eigenvalue weighted by atomic mass is 16.4. The van der Waals surface area contributed by atoms with Crippen LogP contribution in [-0.2, 0) is 23.9 Å². The maximum Gasteiger partial charge on any atom is 0.252 e. The van der Waals surface area contributed by atoms with Gasteiger partial charge in [-0.25, -0.2) is 19.9 Å². The summed E-state index contributed by atoms with van der Waals surface area (Å²) in [6.07, 6.45) is 3.75. The zero-order chi connectivity index (χ0) is 72.3. The number of para-hydroxylation sites is 6. The predicted molar refractivity (Wildman–Crippen MR) is 447 cm³/mol. The molecule has 0 unspecified atom stereocenters. The third kappa shape index (κ3) is 10.2. The molecule has 18 aromatic rings. The SMILES string of the molecule is CC(C)(C)c1cc2c3c(c1)N(Cc1ccccc1)c1cc4c5ccccc5n(-c5ccccn5)c4cc1B3c1cc(-c3nc4ccccc4o3)ccc1N2Cc1ccccc1.CC(C)(C)c1cc2c3c(c1)Nc1cc4c5ccccc5n(-c5ccccn5)c4cc1B3c1cc(-c3nc4ccccc4o3)ccc1N2. The molecule has 0 saturated heterocycles. The van der Waals surface area contributed by atoms with Gasteiger partial charge in [-0.05, 0) is 199 Å². The average molecular weight is 1400 g/mol. The van der Waals surface area contributed by atoms with E-state index >= 15 is 0 Å².